The Bertz CT molecular complexity index is 647. The summed E-state index contributed by atoms with van der Waals surface area (Å²) in [7, 11) is -3.62. The zero-order chi connectivity index (χ0) is 13.0. The SMILES string of the molecule is CC(=NS(=O)(=O)c1ccccc1)c1ccccc1. The monoisotopic (exact) mass is 259 g/mol. The van der Waals surface area contributed by atoms with Crippen LogP contribution in [0.2, 0.25) is 0 Å². The Morgan fingerprint density at radius 2 is 1.39 bits per heavy atom. The molecule has 2 rings (SSSR count). The van der Waals surface area contributed by atoms with E-state index in [-0.39, 0.29) is 4.90 Å². The van der Waals surface area contributed by atoms with Crippen molar-refractivity contribution >= 4 is 15.7 Å². The van der Waals surface area contributed by atoms with Crippen molar-refractivity contribution < 1.29 is 8.42 Å². The van der Waals surface area contributed by atoms with Crippen LogP contribution in [-0.4, -0.2) is 14.1 Å². The van der Waals surface area contributed by atoms with E-state index in [1.165, 1.54) is 12.1 Å². The van der Waals surface area contributed by atoms with E-state index in [0.29, 0.717) is 5.71 Å². The van der Waals surface area contributed by atoms with Gasteiger partial charge in [-0.25, -0.2) is 0 Å². The van der Waals surface area contributed by atoms with Crippen molar-refractivity contribution in [3.63, 3.8) is 0 Å². The van der Waals surface area contributed by atoms with Gasteiger partial charge in [-0.2, -0.15) is 12.8 Å². The zero-order valence-corrected chi connectivity index (χ0v) is 10.8. The molecule has 0 fully saturated rings. The normalized spacial score (nSPS) is 12.4. The van der Waals surface area contributed by atoms with Gasteiger partial charge < -0.3 is 0 Å². The van der Waals surface area contributed by atoms with Crippen LogP contribution < -0.4 is 0 Å². The fourth-order valence-electron chi connectivity index (χ4n) is 1.56. The predicted octanol–water partition coefficient (Wildman–Crippen LogP) is 2.88. The molecule has 18 heavy (non-hydrogen) atoms. The van der Waals surface area contributed by atoms with E-state index in [4.69, 9.17) is 0 Å². The average Bonchev–Trinajstić information content (AvgIpc) is 2.40. The minimum Gasteiger partial charge on any atom is -0.199 e. The minimum atomic E-state index is -3.62. The number of hydrogen-bond donors (Lipinski definition) is 0. The smallest absolute Gasteiger partial charge is 0.199 e. The first kappa shape index (κ1) is 12.5. The van der Waals surface area contributed by atoms with Crippen molar-refractivity contribution in [1.29, 1.82) is 0 Å². The Kier molecular flexibility index (Phi) is 3.58. The number of nitrogens with zero attached hydrogens (tertiary/aromatic N) is 1. The molecule has 2 aromatic carbocycles. The maximum atomic E-state index is 12.0. The Labute approximate surface area is 107 Å². The zero-order valence-electron chi connectivity index (χ0n) is 9.95. The lowest BCUT2D eigenvalue weighted by Gasteiger charge is -2.02. The molecule has 0 saturated carbocycles. The van der Waals surface area contributed by atoms with Crippen molar-refractivity contribution in [2.75, 3.05) is 0 Å². The first-order valence-corrected chi connectivity index (χ1v) is 6.96. The van der Waals surface area contributed by atoms with E-state index in [9.17, 15) is 8.42 Å². The van der Waals surface area contributed by atoms with Crippen LogP contribution in [0.1, 0.15) is 12.5 Å². The highest BCUT2D eigenvalue weighted by molar-refractivity contribution is 7.90. The summed E-state index contributed by atoms with van der Waals surface area (Å²) >= 11 is 0. The lowest BCUT2D eigenvalue weighted by atomic mass is 10.1. The van der Waals surface area contributed by atoms with Crippen LogP contribution in [0.5, 0.6) is 0 Å². The van der Waals surface area contributed by atoms with Gasteiger partial charge in [-0.3, -0.25) is 0 Å². The van der Waals surface area contributed by atoms with E-state index in [0.717, 1.165) is 5.56 Å². The summed E-state index contributed by atoms with van der Waals surface area (Å²) in [5, 5.41) is 0. The Morgan fingerprint density at radius 3 is 1.94 bits per heavy atom. The second kappa shape index (κ2) is 5.14. The molecular weight excluding hydrogens is 246 g/mol. The van der Waals surface area contributed by atoms with E-state index in [1.807, 2.05) is 30.3 Å². The topological polar surface area (TPSA) is 46.5 Å². The fourth-order valence-corrected chi connectivity index (χ4v) is 2.63. The van der Waals surface area contributed by atoms with Gasteiger partial charge in [0, 0.05) is 0 Å². The van der Waals surface area contributed by atoms with Crippen molar-refractivity contribution in [2.24, 2.45) is 4.40 Å². The third-order valence-corrected chi connectivity index (χ3v) is 3.87. The lowest BCUT2D eigenvalue weighted by molar-refractivity contribution is 0.598. The van der Waals surface area contributed by atoms with Crippen molar-refractivity contribution in [3.8, 4) is 0 Å². The molecule has 0 spiro atoms. The second-order valence-corrected chi connectivity index (χ2v) is 5.43. The van der Waals surface area contributed by atoms with Gasteiger partial charge in [0.05, 0.1) is 10.6 Å². The molecule has 2 aromatic rings. The molecule has 0 radical (unpaired) electrons. The highest BCUT2D eigenvalue weighted by Crippen LogP contribution is 2.13. The van der Waals surface area contributed by atoms with Gasteiger partial charge in [0.25, 0.3) is 10.0 Å². The van der Waals surface area contributed by atoms with Gasteiger partial charge in [-0.05, 0) is 24.6 Å². The molecule has 0 aliphatic rings. The molecule has 0 N–H and O–H groups in total. The summed E-state index contributed by atoms with van der Waals surface area (Å²) in [4.78, 5) is 0.209. The van der Waals surface area contributed by atoms with Crippen molar-refractivity contribution in [2.45, 2.75) is 11.8 Å². The molecule has 0 aliphatic carbocycles. The molecule has 0 saturated heterocycles. The summed E-state index contributed by atoms with van der Waals surface area (Å²) < 4.78 is 27.9. The summed E-state index contributed by atoms with van der Waals surface area (Å²) in [6.07, 6.45) is 0. The van der Waals surface area contributed by atoms with Crippen LogP contribution in [-0.2, 0) is 10.0 Å². The van der Waals surface area contributed by atoms with Gasteiger partial charge in [-0.1, -0.05) is 48.5 Å². The summed E-state index contributed by atoms with van der Waals surface area (Å²) in [6, 6.07) is 17.5. The first-order chi connectivity index (χ1) is 8.59. The summed E-state index contributed by atoms with van der Waals surface area (Å²) in [5.74, 6) is 0. The maximum absolute atomic E-state index is 12.0. The van der Waals surface area contributed by atoms with E-state index >= 15 is 0 Å². The molecule has 0 atom stereocenters. The quantitative estimate of drug-likeness (QED) is 0.796. The largest absolute Gasteiger partial charge is 0.282 e. The number of sulfonamides is 1. The van der Waals surface area contributed by atoms with Crippen LogP contribution in [0.4, 0.5) is 0 Å². The van der Waals surface area contributed by atoms with Crippen LogP contribution in [0.25, 0.3) is 0 Å². The number of benzene rings is 2. The maximum Gasteiger partial charge on any atom is 0.282 e. The lowest BCUT2D eigenvalue weighted by Crippen LogP contribution is -2.02. The number of rotatable bonds is 3. The Balaban J connectivity index is 2.39. The minimum absolute atomic E-state index is 0.209. The van der Waals surface area contributed by atoms with Gasteiger partial charge >= 0.3 is 0 Å². The van der Waals surface area contributed by atoms with Gasteiger partial charge in [-0.15, -0.1) is 0 Å². The molecule has 0 amide bonds. The van der Waals surface area contributed by atoms with Gasteiger partial charge in [0.15, 0.2) is 0 Å². The molecule has 0 bridgehead atoms. The second-order valence-electron chi connectivity index (χ2n) is 3.83. The molecule has 3 nitrogen and oxygen atoms in total. The first-order valence-electron chi connectivity index (χ1n) is 5.52. The summed E-state index contributed by atoms with van der Waals surface area (Å²) in [5.41, 5.74) is 1.29. The van der Waals surface area contributed by atoms with Crippen LogP contribution in [0.3, 0.4) is 0 Å². The molecule has 0 unspecified atom stereocenters. The molecule has 0 aromatic heterocycles. The fraction of sp³-hybridized carbons (Fsp3) is 0.0714. The third-order valence-electron chi connectivity index (χ3n) is 2.49. The molecule has 0 heterocycles. The van der Waals surface area contributed by atoms with Crippen LogP contribution in [0.15, 0.2) is 70.0 Å². The highest BCUT2D eigenvalue weighted by atomic mass is 32.2. The molecule has 0 aliphatic heterocycles. The highest BCUT2D eigenvalue weighted by Gasteiger charge is 2.12. The third kappa shape index (κ3) is 2.84. The van der Waals surface area contributed by atoms with Crippen molar-refractivity contribution in [3.05, 3.63) is 66.2 Å². The Hall–Kier alpha value is -1.94. The molecular formula is C14H13NO2S. The predicted molar refractivity (Wildman–Crippen MR) is 72.3 cm³/mol. The molecule has 92 valence electrons. The molecule has 4 heteroatoms. The van der Waals surface area contributed by atoms with Crippen molar-refractivity contribution in [1.82, 2.24) is 0 Å². The standard InChI is InChI=1S/C14H13NO2S/c1-12(13-8-4-2-5-9-13)15-18(16,17)14-10-6-3-7-11-14/h2-11H,1H3. The van der Waals surface area contributed by atoms with E-state index in [2.05, 4.69) is 4.40 Å². The Morgan fingerprint density at radius 1 is 0.889 bits per heavy atom. The van der Waals surface area contributed by atoms with E-state index in [1.54, 1.807) is 25.1 Å². The van der Waals surface area contributed by atoms with Gasteiger partial charge in [0.2, 0.25) is 0 Å². The average molecular weight is 259 g/mol. The van der Waals surface area contributed by atoms with E-state index < -0.39 is 10.0 Å². The van der Waals surface area contributed by atoms with Gasteiger partial charge in [0.1, 0.15) is 0 Å². The van der Waals surface area contributed by atoms with Crippen LogP contribution >= 0.6 is 0 Å². The summed E-state index contributed by atoms with van der Waals surface area (Å²) in [6.45, 7) is 1.69. The van der Waals surface area contributed by atoms with Crippen LogP contribution in [0, 0.1) is 0 Å². The number of hydrogen-bond acceptors (Lipinski definition) is 2.